The van der Waals surface area contributed by atoms with E-state index in [2.05, 4.69) is 9.98 Å². The van der Waals surface area contributed by atoms with E-state index in [9.17, 15) is 13.2 Å². The first-order valence-corrected chi connectivity index (χ1v) is 7.98. The zero-order chi connectivity index (χ0) is 15.3. The molecule has 0 N–H and O–H groups in total. The van der Waals surface area contributed by atoms with Crippen LogP contribution in [0.2, 0.25) is 0 Å². The van der Waals surface area contributed by atoms with Crippen LogP contribution in [0.5, 0.6) is 0 Å². The van der Waals surface area contributed by atoms with Crippen LogP contribution < -0.4 is 0 Å². The first-order valence-electron chi connectivity index (χ1n) is 6.54. The second-order valence-electron chi connectivity index (χ2n) is 4.66. The topological polar surface area (TPSA) is 103 Å². The number of hydrogen-bond donors (Lipinski definition) is 0. The molecule has 0 radical (unpaired) electrons. The molecule has 1 unspecified atom stereocenters. The Morgan fingerprint density at radius 1 is 1.33 bits per heavy atom. The molecular formula is C13H14N4O3S. The van der Waals surface area contributed by atoms with Gasteiger partial charge in [0.25, 0.3) is 0 Å². The summed E-state index contributed by atoms with van der Waals surface area (Å²) in [5.41, 5.74) is 0.146. The number of pyridine rings is 1. The molecule has 0 amide bonds. The predicted octanol–water partition coefficient (Wildman–Crippen LogP) is 1.18. The Morgan fingerprint density at radius 3 is 2.76 bits per heavy atom. The predicted molar refractivity (Wildman–Crippen MR) is 73.2 cm³/mol. The van der Waals surface area contributed by atoms with Crippen LogP contribution in [0.3, 0.4) is 0 Å². The summed E-state index contributed by atoms with van der Waals surface area (Å²) in [6.07, 6.45) is 4.80. The molecule has 1 aromatic rings. The van der Waals surface area contributed by atoms with E-state index < -0.39 is 16.2 Å². The Morgan fingerprint density at radius 2 is 2.14 bits per heavy atom. The lowest BCUT2D eigenvalue weighted by atomic mass is 10.2. The highest BCUT2D eigenvalue weighted by Crippen LogP contribution is 2.25. The van der Waals surface area contributed by atoms with Crippen LogP contribution >= 0.6 is 0 Å². The normalized spacial score (nSPS) is 20.0. The minimum absolute atomic E-state index is 0.00509. The van der Waals surface area contributed by atoms with Gasteiger partial charge in [-0.3, -0.25) is 0 Å². The average molecular weight is 306 g/mol. The van der Waals surface area contributed by atoms with E-state index in [1.54, 1.807) is 0 Å². The van der Waals surface area contributed by atoms with Gasteiger partial charge in [-0.2, -0.15) is 14.6 Å². The quantitative estimate of drug-likeness (QED) is 0.616. The van der Waals surface area contributed by atoms with Gasteiger partial charge in [0.1, 0.15) is 22.8 Å². The maximum atomic E-state index is 12.6. The lowest BCUT2D eigenvalue weighted by molar-refractivity contribution is 0.330. The van der Waals surface area contributed by atoms with Crippen LogP contribution in [0.1, 0.15) is 31.4 Å². The molecule has 1 atom stereocenters. The summed E-state index contributed by atoms with van der Waals surface area (Å²) in [7, 11) is -3.79. The maximum Gasteiger partial charge on any atom is 0.246 e. The summed E-state index contributed by atoms with van der Waals surface area (Å²) >= 11 is 0. The molecule has 7 nitrogen and oxygen atoms in total. The number of isocyanates is 1. The van der Waals surface area contributed by atoms with E-state index in [0.29, 0.717) is 19.4 Å². The Hall–Kier alpha value is -2.07. The number of carbonyl (C=O) groups excluding carboxylic acids is 1. The number of sulfonamides is 1. The fourth-order valence-electron chi connectivity index (χ4n) is 2.27. The number of nitriles is 1. The fraction of sp³-hybridized carbons (Fsp3) is 0.462. The van der Waals surface area contributed by atoms with Crippen LogP contribution in [0.4, 0.5) is 0 Å². The molecule has 8 heteroatoms. The molecule has 0 bridgehead atoms. The molecular weight excluding hydrogens is 292 g/mol. The van der Waals surface area contributed by atoms with Crippen molar-refractivity contribution in [2.45, 2.75) is 36.7 Å². The average Bonchev–Trinajstić information content (AvgIpc) is 2.74. The van der Waals surface area contributed by atoms with Crippen molar-refractivity contribution in [3.63, 3.8) is 0 Å². The third-order valence-electron chi connectivity index (χ3n) is 3.33. The van der Waals surface area contributed by atoms with Gasteiger partial charge >= 0.3 is 0 Å². The number of aliphatic imine (C=N–C) groups is 1. The summed E-state index contributed by atoms with van der Waals surface area (Å²) < 4.78 is 26.5. The van der Waals surface area contributed by atoms with Crippen LogP contribution in [-0.4, -0.2) is 36.5 Å². The lowest BCUT2D eigenvalue weighted by Crippen LogP contribution is -2.38. The van der Waals surface area contributed by atoms with E-state index in [0.717, 1.165) is 19.0 Å². The highest BCUT2D eigenvalue weighted by molar-refractivity contribution is 7.89. The van der Waals surface area contributed by atoms with Crippen molar-refractivity contribution in [1.29, 1.82) is 5.26 Å². The molecule has 1 saturated heterocycles. The minimum Gasteiger partial charge on any atom is -0.244 e. The van der Waals surface area contributed by atoms with Gasteiger partial charge in [0.05, 0.1) is 0 Å². The van der Waals surface area contributed by atoms with Crippen molar-refractivity contribution in [3.05, 3.63) is 24.0 Å². The van der Waals surface area contributed by atoms with Gasteiger partial charge in [-0.1, -0.05) is 6.42 Å². The number of nitrogens with zero attached hydrogens (tertiary/aromatic N) is 4. The molecule has 1 aliphatic rings. The van der Waals surface area contributed by atoms with Crippen molar-refractivity contribution in [2.75, 3.05) is 6.54 Å². The van der Waals surface area contributed by atoms with E-state index in [1.807, 2.05) is 6.07 Å². The highest BCUT2D eigenvalue weighted by atomic mass is 32.2. The SMILES string of the molecule is N#Cc1ccc(S(=O)(=O)N2CCCCCC2N=C=O)cn1. The van der Waals surface area contributed by atoms with E-state index in [-0.39, 0.29) is 10.6 Å². The van der Waals surface area contributed by atoms with Gasteiger partial charge < -0.3 is 0 Å². The van der Waals surface area contributed by atoms with Crippen LogP contribution in [0.15, 0.2) is 28.2 Å². The van der Waals surface area contributed by atoms with Gasteiger partial charge in [0, 0.05) is 12.7 Å². The summed E-state index contributed by atoms with van der Waals surface area (Å²) in [6, 6.07) is 4.53. The molecule has 21 heavy (non-hydrogen) atoms. The molecule has 2 rings (SSSR count). The van der Waals surface area contributed by atoms with Crippen molar-refractivity contribution < 1.29 is 13.2 Å². The number of rotatable bonds is 3. The standard InChI is InChI=1S/C13H14N4O3S/c14-8-11-5-6-12(9-15-11)21(19,20)17-7-3-1-2-4-13(17)16-10-18/h5-6,9,13H,1-4,7H2. The molecule has 0 spiro atoms. The van der Waals surface area contributed by atoms with Gasteiger partial charge in [-0.15, -0.1) is 0 Å². The molecule has 0 aliphatic carbocycles. The van der Waals surface area contributed by atoms with E-state index in [1.165, 1.54) is 22.5 Å². The van der Waals surface area contributed by atoms with Gasteiger partial charge in [0.15, 0.2) is 0 Å². The first kappa shape index (κ1) is 15.3. The lowest BCUT2D eigenvalue weighted by Gasteiger charge is -2.24. The zero-order valence-electron chi connectivity index (χ0n) is 11.3. The summed E-state index contributed by atoms with van der Waals surface area (Å²) in [6.45, 7) is 0.304. The van der Waals surface area contributed by atoms with Crippen molar-refractivity contribution in [1.82, 2.24) is 9.29 Å². The monoisotopic (exact) mass is 306 g/mol. The molecule has 1 aromatic heterocycles. The molecule has 0 saturated carbocycles. The number of aromatic nitrogens is 1. The maximum absolute atomic E-state index is 12.6. The highest BCUT2D eigenvalue weighted by Gasteiger charge is 2.32. The Kier molecular flexibility index (Phi) is 4.81. The van der Waals surface area contributed by atoms with Crippen molar-refractivity contribution in [3.8, 4) is 6.07 Å². The zero-order valence-corrected chi connectivity index (χ0v) is 12.1. The third kappa shape index (κ3) is 3.34. The van der Waals surface area contributed by atoms with Gasteiger partial charge in [0.2, 0.25) is 16.1 Å². The largest absolute Gasteiger partial charge is 0.246 e. The molecule has 1 fully saturated rings. The van der Waals surface area contributed by atoms with E-state index in [4.69, 9.17) is 5.26 Å². The van der Waals surface area contributed by atoms with Crippen molar-refractivity contribution >= 4 is 16.1 Å². The Bertz CT molecular complexity index is 687. The summed E-state index contributed by atoms with van der Waals surface area (Å²) in [5.74, 6) is 0. The fourth-order valence-corrected chi connectivity index (χ4v) is 3.81. The molecule has 0 aromatic carbocycles. The molecule has 2 heterocycles. The second kappa shape index (κ2) is 6.59. The van der Waals surface area contributed by atoms with Gasteiger partial charge in [-0.05, 0) is 31.4 Å². The third-order valence-corrected chi connectivity index (χ3v) is 5.21. The minimum atomic E-state index is -3.79. The van der Waals surface area contributed by atoms with E-state index >= 15 is 0 Å². The Balaban J connectivity index is 2.38. The summed E-state index contributed by atoms with van der Waals surface area (Å²) in [4.78, 5) is 17.9. The molecule has 1 aliphatic heterocycles. The smallest absolute Gasteiger partial charge is 0.244 e. The number of hydrogen-bond acceptors (Lipinski definition) is 6. The van der Waals surface area contributed by atoms with Crippen LogP contribution in [0, 0.1) is 11.3 Å². The van der Waals surface area contributed by atoms with Crippen LogP contribution in [0.25, 0.3) is 0 Å². The first-order chi connectivity index (χ1) is 10.1. The second-order valence-corrected chi connectivity index (χ2v) is 6.55. The Labute approximate surface area is 123 Å². The van der Waals surface area contributed by atoms with Crippen molar-refractivity contribution in [2.24, 2.45) is 4.99 Å². The molecule has 110 valence electrons. The summed E-state index contributed by atoms with van der Waals surface area (Å²) in [5, 5.41) is 8.70. The van der Waals surface area contributed by atoms with Crippen LogP contribution in [-0.2, 0) is 14.8 Å². The van der Waals surface area contributed by atoms with Gasteiger partial charge in [-0.25, -0.2) is 18.2 Å².